The first kappa shape index (κ1) is 20.9. The molecule has 4 rings (SSSR count). The highest BCUT2D eigenvalue weighted by Gasteiger charge is 2.18. The van der Waals surface area contributed by atoms with Gasteiger partial charge in [-0.3, -0.25) is 25.0 Å². The smallest absolute Gasteiger partial charge is 0.322 e. The fraction of sp³-hybridized carbons (Fsp3) is 0.0476. The van der Waals surface area contributed by atoms with E-state index in [-0.39, 0.29) is 29.1 Å². The number of thiophene rings is 1. The van der Waals surface area contributed by atoms with E-state index in [0.717, 1.165) is 4.88 Å². The zero-order valence-electron chi connectivity index (χ0n) is 16.6. The van der Waals surface area contributed by atoms with Crippen LogP contribution in [-0.2, 0) is 0 Å². The molecule has 0 saturated heterocycles. The molecule has 0 saturated carbocycles. The van der Waals surface area contributed by atoms with E-state index >= 15 is 0 Å². The Morgan fingerprint density at radius 1 is 0.969 bits per heavy atom. The molecule has 0 aliphatic heterocycles. The van der Waals surface area contributed by atoms with E-state index in [2.05, 4.69) is 20.8 Å². The molecule has 0 bridgehead atoms. The van der Waals surface area contributed by atoms with E-state index in [1.807, 2.05) is 13.0 Å². The third kappa shape index (κ3) is 4.52. The number of anilines is 2. The molecule has 0 radical (unpaired) electrons. The van der Waals surface area contributed by atoms with Gasteiger partial charge in [0.2, 0.25) is 5.89 Å². The Kier molecular flexibility index (Phi) is 5.73. The number of nitro groups is 1. The number of hydrogen-bond acceptors (Lipinski definition) is 8. The van der Waals surface area contributed by atoms with Crippen molar-refractivity contribution in [2.45, 2.75) is 6.92 Å². The highest BCUT2D eigenvalue weighted by Crippen LogP contribution is 2.24. The van der Waals surface area contributed by atoms with E-state index < -0.39 is 10.8 Å². The molecule has 11 heteroatoms. The minimum atomic E-state index is -0.554. The number of nitrogens with one attached hydrogen (secondary N) is 2. The first-order valence-electron chi connectivity index (χ1n) is 9.27. The summed E-state index contributed by atoms with van der Waals surface area (Å²) in [5.74, 6) is -0.784. The molecule has 0 spiro atoms. The first-order valence-corrected chi connectivity index (χ1v) is 10.1. The van der Waals surface area contributed by atoms with Crippen LogP contribution >= 0.6 is 11.3 Å². The van der Waals surface area contributed by atoms with Crippen LogP contribution in [-0.4, -0.2) is 26.9 Å². The SMILES string of the molecule is Cc1ccc(C(=O)Nc2ccccc2C(=O)Nc2nnc(-c3ccc([N+](=O)[O-])cc3)o2)s1. The summed E-state index contributed by atoms with van der Waals surface area (Å²) in [7, 11) is 0. The van der Waals surface area contributed by atoms with E-state index in [1.54, 1.807) is 30.3 Å². The van der Waals surface area contributed by atoms with Crippen molar-refractivity contribution in [3.63, 3.8) is 0 Å². The van der Waals surface area contributed by atoms with Crippen molar-refractivity contribution in [2.24, 2.45) is 0 Å². The number of aromatic nitrogens is 2. The van der Waals surface area contributed by atoms with Crippen molar-refractivity contribution < 1.29 is 18.9 Å². The number of nitrogens with zero attached hydrogens (tertiary/aromatic N) is 3. The van der Waals surface area contributed by atoms with Gasteiger partial charge in [0.1, 0.15) is 0 Å². The van der Waals surface area contributed by atoms with Gasteiger partial charge in [0, 0.05) is 22.6 Å². The minimum absolute atomic E-state index is 0.0712. The van der Waals surface area contributed by atoms with Gasteiger partial charge in [-0.15, -0.1) is 16.4 Å². The maximum absolute atomic E-state index is 12.8. The lowest BCUT2D eigenvalue weighted by atomic mass is 10.1. The molecular formula is C21H15N5O5S. The second-order valence-electron chi connectivity index (χ2n) is 6.58. The molecule has 2 aromatic heterocycles. The molecule has 0 aliphatic carbocycles. The number of aryl methyl sites for hydroxylation is 1. The first-order chi connectivity index (χ1) is 15.4. The number of amides is 2. The van der Waals surface area contributed by atoms with Crippen molar-refractivity contribution in [1.29, 1.82) is 0 Å². The molecule has 2 N–H and O–H groups in total. The lowest BCUT2D eigenvalue weighted by Crippen LogP contribution is -2.17. The summed E-state index contributed by atoms with van der Waals surface area (Å²) in [5.41, 5.74) is 0.932. The van der Waals surface area contributed by atoms with Crippen molar-refractivity contribution in [3.8, 4) is 11.5 Å². The minimum Gasteiger partial charge on any atom is -0.403 e. The van der Waals surface area contributed by atoms with Gasteiger partial charge in [-0.1, -0.05) is 17.2 Å². The number of carbonyl (C=O) groups excluding carboxylic acids is 2. The Hall–Kier alpha value is -4.38. The molecule has 2 amide bonds. The quantitative estimate of drug-likeness (QED) is 0.326. The number of carbonyl (C=O) groups is 2. The number of para-hydroxylation sites is 1. The lowest BCUT2D eigenvalue weighted by Gasteiger charge is -2.09. The second-order valence-corrected chi connectivity index (χ2v) is 7.87. The normalized spacial score (nSPS) is 10.5. The van der Waals surface area contributed by atoms with Gasteiger partial charge >= 0.3 is 6.01 Å². The largest absolute Gasteiger partial charge is 0.403 e. The summed E-state index contributed by atoms with van der Waals surface area (Å²) in [5, 5.41) is 23.6. The fourth-order valence-electron chi connectivity index (χ4n) is 2.81. The van der Waals surface area contributed by atoms with Crippen LogP contribution in [0.3, 0.4) is 0 Å². The maximum Gasteiger partial charge on any atom is 0.322 e. The molecule has 2 heterocycles. The Morgan fingerprint density at radius 2 is 1.72 bits per heavy atom. The third-order valence-corrected chi connectivity index (χ3v) is 5.35. The zero-order chi connectivity index (χ0) is 22.7. The van der Waals surface area contributed by atoms with Crippen LogP contribution in [0.2, 0.25) is 0 Å². The van der Waals surface area contributed by atoms with Gasteiger partial charge in [0.05, 0.1) is 21.1 Å². The van der Waals surface area contributed by atoms with Crippen molar-refractivity contribution >= 4 is 40.5 Å². The molecule has 160 valence electrons. The number of hydrogen-bond donors (Lipinski definition) is 2. The highest BCUT2D eigenvalue weighted by molar-refractivity contribution is 7.14. The second kappa shape index (κ2) is 8.78. The number of benzene rings is 2. The Balaban J connectivity index is 1.49. The van der Waals surface area contributed by atoms with Gasteiger partial charge in [0.15, 0.2) is 0 Å². The average molecular weight is 449 g/mol. The van der Waals surface area contributed by atoms with Crippen LogP contribution < -0.4 is 10.6 Å². The van der Waals surface area contributed by atoms with Crippen molar-refractivity contribution in [1.82, 2.24) is 10.2 Å². The average Bonchev–Trinajstić information content (AvgIpc) is 3.43. The van der Waals surface area contributed by atoms with Crippen LogP contribution in [0.4, 0.5) is 17.4 Å². The van der Waals surface area contributed by atoms with Crippen molar-refractivity contribution in [2.75, 3.05) is 10.6 Å². The maximum atomic E-state index is 12.8. The summed E-state index contributed by atoms with van der Waals surface area (Å²) in [6.45, 7) is 1.90. The predicted molar refractivity (Wildman–Crippen MR) is 118 cm³/mol. The molecule has 0 atom stereocenters. The summed E-state index contributed by atoms with van der Waals surface area (Å²) in [6, 6.07) is 15.5. The topological polar surface area (TPSA) is 140 Å². The monoisotopic (exact) mass is 449 g/mol. The number of non-ortho nitro benzene ring substituents is 1. The molecule has 4 aromatic rings. The van der Waals surface area contributed by atoms with E-state index in [9.17, 15) is 19.7 Å². The third-order valence-electron chi connectivity index (χ3n) is 4.35. The van der Waals surface area contributed by atoms with Crippen LogP contribution in [0.25, 0.3) is 11.5 Å². The molecule has 2 aromatic carbocycles. The van der Waals surface area contributed by atoms with Gasteiger partial charge in [-0.05, 0) is 43.3 Å². The summed E-state index contributed by atoms with van der Waals surface area (Å²) < 4.78 is 5.45. The fourth-order valence-corrected chi connectivity index (χ4v) is 3.57. The van der Waals surface area contributed by atoms with Crippen LogP contribution in [0, 0.1) is 17.0 Å². The number of nitro benzene ring substituents is 1. The summed E-state index contributed by atoms with van der Waals surface area (Å²) in [6.07, 6.45) is 0. The summed E-state index contributed by atoms with van der Waals surface area (Å²) >= 11 is 1.35. The van der Waals surface area contributed by atoms with Crippen LogP contribution in [0.1, 0.15) is 24.9 Å². The van der Waals surface area contributed by atoms with Crippen molar-refractivity contribution in [3.05, 3.63) is 86.1 Å². The Morgan fingerprint density at radius 3 is 2.41 bits per heavy atom. The van der Waals surface area contributed by atoms with E-state index in [0.29, 0.717) is 16.1 Å². The molecule has 32 heavy (non-hydrogen) atoms. The molecular weight excluding hydrogens is 434 g/mol. The van der Waals surface area contributed by atoms with Gasteiger partial charge in [0.25, 0.3) is 17.5 Å². The standard InChI is InChI=1S/C21H15N5O5S/c1-12-6-11-17(32-12)19(28)22-16-5-3-2-4-15(16)18(27)23-21-25-24-20(31-21)13-7-9-14(10-8-13)26(29)30/h2-11H,1H3,(H,22,28)(H,23,25,27). The van der Waals surface area contributed by atoms with Gasteiger partial charge in [-0.25, -0.2) is 0 Å². The van der Waals surface area contributed by atoms with E-state index in [1.165, 1.54) is 35.6 Å². The summed E-state index contributed by atoms with van der Waals surface area (Å²) in [4.78, 5) is 37.0. The molecule has 0 unspecified atom stereocenters. The van der Waals surface area contributed by atoms with Gasteiger partial charge in [-0.2, -0.15) is 0 Å². The zero-order valence-corrected chi connectivity index (χ0v) is 17.4. The predicted octanol–water partition coefficient (Wildman–Crippen LogP) is 4.52. The Labute approximate surface area is 185 Å². The molecule has 10 nitrogen and oxygen atoms in total. The van der Waals surface area contributed by atoms with Crippen LogP contribution in [0.15, 0.2) is 65.1 Å². The molecule has 0 aliphatic rings. The lowest BCUT2D eigenvalue weighted by molar-refractivity contribution is -0.384. The Bertz CT molecular complexity index is 1310. The number of rotatable bonds is 6. The van der Waals surface area contributed by atoms with Crippen LogP contribution in [0.5, 0.6) is 0 Å². The van der Waals surface area contributed by atoms with Gasteiger partial charge < -0.3 is 9.73 Å². The highest BCUT2D eigenvalue weighted by atomic mass is 32.1. The van der Waals surface area contributed by atoms with E-state index in [4.69, 9.17) is 4.42 Å². The molecule has 0 fully saturated rings.